The van der Waals surface area contributed by atoms with Gasteiger partial charge in [-0.05, 0) is 50.6 Å². The van der Waals surface area contributed by atoms with Crippen LogP contribution in [0.15, 0.2) is 54.6 Å². The second kappa shape index (κ2) is 6.98. The van der Waals surface area contributed by atoms with Crippen molar-refractivity contribution in [3.63, 3.8) is 0 Å². The average molecular weight is 300 g/mol. The Morgan fingerprint density at radius 3 is 2.09 bits per heavy atom. The van der Waals surface area contributed by atoms with Crippen molar-refractivity contribution in [3.8, 4) is 11.5 Å². The van der Waals surface area contributed by atoms with Gasteiger partial charge in [0.2, 0.25) is 0 Å². The normalized spacial score (nSPS) is 10.9. The number of hydrogen-bond donors (Lipinski definition) is 0. The summed E-state index contributed by atoms with van der Waals surface area (Å²) in [6.07, 6.45) is -0.717. The summed E-state index contributed by atoms with van der Waals surface area (Å²) >= 11 is 0. The summed E-state index contributed by atoms with van der Waals surface area (Å²) in [7, 11) is 0. The van der Waals surface area contributed by atoms with E-state index < -0.39 is 11.8 Å². The fourth-order valence-corrected chi connectivity index (χ4v) is 1.71. The van der Waals surface area contributed by atoms with E-state index in [9.17, 15) is 4.79 Å². The molecule has 0 unspecified atom stereocenters. The minimum atomic E-state index is -0.717. The molecule has 4 nitrogen and oxygen atoms in total. The van der Waals surface area contributed by atoms with E-state index in [4.69, 9.17) is 14.2 Å². The minimum Gasteiger partial charge on any atom is -0.489 e. The molecule has 116 valence electrons. The van der Waals surface area contributed by atoms with Crippen LogP contribution in [-0.4, -0.2) is 11.8 Å². The smallest absolute Gasteiger partial charge is 0.489 e. The molecule has 0 saturated heterocycles. The Morgan fingerprint density at radius 2 is 1.50 bits per heavy atom. The lowest BCUT2D eigenvalue weighted by Crippen LogP contribution is -2.25. The van der Waals surface area contributed by atoms with E-state index in [-0.39, 0.29) is 0 Å². The maximum Gasteiger partial charge on any atom is 0.514 e. The molecular formula is C18H20O4. The molecule has 0 aliphatic rings. The number of rotatable bonds is 4. The maximum absolute atomic E-state index is 11.5. The summed E-state index contributed by atoms with van der Waals surface area (Å²) in [6, 6.07) is 16.7. The molecule has 0 heterocycles. The number of benzene rings is 2. The second-order valence-corrected chi connectivity index (χ2v) is 5.81. The van der Waals surface area contributed by atoms with Crippen molar-refractivity contribution in [1.82, 2.24) is 0 Å². The van der Waals surface area contributed by atoms with Gasteiger partial charge < -0.3 is 14.2 Å². The van der Waals surface area contributed by atoms with Crippen molar-refractivity contribution in [3.05, 3.63) is 60.2 Å². The van der Waals surface area contributed by atoms with Crippen LogP contribution in [0.1, 0.15) is 26.3 Å². The summed E-state index contributed by atoms with van der Waals surface area (Å²) in [4.78, 5) is 11.5. The Labute approximate surface area is 130 Å². The van der Waals surface area contributed by atoms with E-state index in [2.05, 4.69) is 0 Å². The summed E-state index contributed by atoms with van der Waals surface area (Å²) in [5.74, 6) is 1.13. The zero-order chi connectivity index (χ0) is 16.0. The first-order valence-electron chi connectivity index (χ1n) is 7.10. The molecule has 0 atom stereocenters. The summed E-state index contributed by atoms with van der Waals surface area (Å²) in [5, 5.41) is 0. The van der Waals surface area contributed by atoms with Gasteiger partial charge in [0.1, 0.15) is 23.7 Å². The highest BCUT2D eigenvalue weighted by Gasteiger charge is 2.17. The van der Waals surface area contributed by atoms with Crippen molar-refractivity contribution in [2.24, 2.45) is 0 Å². The van der Waals surface area contributed by atoms with Gasteiger partial charge in [-0.3, -0.25) is 0 Å². The van der Waals surface area contributed by atoms with E-state index in [1.54, 1.807) is 45.0 Å². The predicted octanol–water partition coefficient (Wildman–Crippen LogP) is 4.58. The van der Waals surface area contributed by atoms with E-state index in [0.29, 0.717) is 18.1 Å². The molecule has 0 fully saturated rings. The molecule has 0 aliphatic carbocycles. The first-order valence-corrected chi connectivity index (χ1v) is 7.10. The summed E-state index contributed by atoms with van der Waals surface area (Å²) in [5.41, 5.74) is 0.520. The van der Waals surface area contributed by atoms with Crippen LogP contribution in [0.5, 0.6) is 11.5 Å². The van der Waals surface area contributed by atoms with E-state index in [1.165, 1.54) is 0 Å². The molecule has 22 heavy (non-hydrogen) atoms. The molecule has 2 aromatic carbocycles. The third-order valence-electron chi connectivity index (χ3n) is 2.66. The minimum absolute atomic E-state index is 0.418. The third-order valence-corrected chi connectivity index (χ3v) is 2.66. The van der Waals surface area contributed by atoms with Gasteiger partial charge in [-0.25, -0.2) is 4.79 Å². The number of hydrogen-bond acceptors (Lipinski definition) is 4. The lowest BCUT2D eigenvalue weighted by atomic mass is 10.2. The van der Waals surface area contributed by atoms with Crippen LogP contribution < -0.4 is 9.47 Å². The van der Waals surface area contributed by atoms with Gasteiger partial charge in [0, 0.05) is 0 Å². The molecule has 0 saturated carbocycles. The Hall–Kier alpha value is -2.49. The molecular weight excluding hydrogens is 280 g/mol. The first-order chi connectivity index (χ1) is 10.4. The molecule has 2 aromatic rings. The zero-order valence-electron chi connectivity index (χ0n) is 13.0. The topological polar surface area (TPSA) is 44.8 Å². The highest BCUT2D eigenvalue weighted by molar-refractivity contribution is 5.64. The first kappa shape index (κ1) is 15.9. The Morgan fingerprint density at radius 1 is 0.909 bits per heavy atom. The van der Waals surface area contributed by atoms with Gasteiger partial charge in [0.05, 0.1) is 0 Å². The third kappa shape index (κ3) is 5.48. The molecule has 0 radical (unpaired) electrons. The highest BCUT2D eigenvalue weighted by atomic mass is 16.7. The number of carbonyl (C=O) groups excluding carboxylic acids is 1. The van der Waals surface area contributed by atoms with Crippen LogP contribution >= 0.6 is 0 Å². The maximum atomic E-state index is 11.5. The number of ether oxygens (including phenoxy) is 3. The summed E-state index contributed by atoms with van der Waals surface area (Å²) < 4.78 is 15.8. The van der Waals surface area contributed by atoms with Crippen LogP contribution in [0.25, 0.3) is 0 Å². The van der Waals surface area contributed by atoms with Crippen molar-refractivity contribution in [1.29, 1.82) is 0 Å². The summed E-state index contributed by atoms with van der Waals surface area (Å²) in [6.45, 7) is 5.85. The van der Waals surface area contributed by atoms with Crippen LogP contribution in [0.3, 0.4) is 0 Å². The van der Waals surface area contributed by atoms with Crippen LogP contribution in [0.4, 0.5) is 4.79 Å². The molecule has 2 rings (SSSR count). The van der Waals surface area contributed by atoms with E-state index >= 15 is 0 Å². The molecule has 0 bridgehead atoms. The highest BCUT2D eigenvalue weighted by Crippen LogP contribution is 2.20. The largest absolute Gasteiger partial charge is 0.514 e. The SMILES string of the molecule is CC(C)(C)OC(=O)Oc1ccc(OCc2ccccc2)cc1. The molecule has 0 N–H and O–H groups in total. The van der Waals surface area contributed by atoms with Crippen molar-refractivity contribution in [2.75, 3.05) is 0 Å². The van der Waals surface area contributed by atoms with E-state index in [1.807, 2.05) is 30.3 Å². The second-order valence-electron chi connectivity index (χ2n) is 5.81. The fourth-order valence-electron chi connectivity index (χ4n) is 1.71. The quantitative estimate of drug-likeness (QED) is 0.612. The van der Waals surface area contributed by atoms with Crippen LogP contribution in [0, 0.1) is 0 Å². The van der Waals surface area contributed by atoms with Crippen molar-refractivity contribution in [2.45, 2.75) is 33.0 Å². The molecule has 0 aliphatic heterocycles. The van der Waals surface area contributed by atoms with Crippen molar-refractivity contribution < 1.29 is 19.0 Å². The van der Waals surface area contributed by atoms with Gasteiger partial charge in [-0.15, -0.1) is 0 Å². The Balaban J connectivity index is 1.86. The lowest BCUT2D eigenvalue weighted by molar-refractivity contribution is 0.0206. The lowest BCUT2D eigenvalue weighted by Gasteiger charge is -2.18. The van der Waals surface area contributed by atoms with Crippen LogP contribution in [0.2, 0.25) is 0 Å². The van der Waals surface area contributed by atoms with Crippen LogP contribution in [-0.2, 0) is 11.3 Å². The van der Waals surface area contributed by atoms with Gasteiger partial charge in [-0.2, -0.15) is 0 Å². The standard InChI is InChI=1S/C18H20O4/c1-18(2,3)22-17(19)21-16-11-9-15(10-12-16)20-13-14-7-5-4-6-8-14/h4-12H,13H2,1-3H3. The Kier molecular flexibility index (Phi) is 5.04. The van der Waals surface area contributed by atoms with E-state index in [0.717, 1.165) is 5.56 Å². The monoisotopic (exact) mass is 300 g/mol. The van der Waals surface area contributed by atoms with Gasteiger partial charge in [-0.1, -0.05) is 30.3 Å². The average Bonchev–Trinajstić information content (AvgIpc) is 2.45. The van der Waals surface area contributed by atoms with Gasteiger partial charge in [0.25, 0.3) is 0 Å². The number of carbonyl (C=O) groups is 1. The fraction of sp³-hybridized carbons (Fsp3) is 0.278. The van der Waals surface area contributed by atoms with Gasteiger partial charge in [0.15, 0.2) is 0 Å². The molecule has 4 heteroatoms. The zero-order valence-corrected chi connectivity index (χ0v) is 13.0. The predicted molar refractivity (Wildman–Crippen MR) is 84.1 cm³/mol. The molecule has 0 amide bonds. The molecule has 0 aromatic heterocycles. The Bertz CT molecular complexity index is 597. The van der Waals surface area contributed by atoms with Crippen molar-refractivity contribution >= 4 is 6.16 Å². The van der Waals surface area contributed by atoms with Gasteiger partial charge >= 0.3 is 6.16 Å². The molecule has 0 spiro atoms.